The summed E-state index contributed by atoms with van der Waals surface area (Å²) in [6, 6.07) is 9.39. The first-order valence-corrected chi connectivity index (χ1v) is 7.70. The number of nitrogens with zero attached hydrogens (tertiary/aromatic N) is 3. The third-order valence-corrected chi connectivity index (χ3v) is 4.50. The minimum atomic E-state index is -0.144. The minimum absolute atomic E-state index is 0.144. The molecule has 5 nitrogen and oxygen atoms in total. The molecule has 2 heterocycles. The van der Waals surface area contributed by atoms with Crippen LogP contribution < -0.4 is 5.32 Å². The summed E-state index contributed by atoms with van der Waals surface area (Å²) in [6.45, 7) is 3.95. The molecule has 112 valence electrons. The Morgan fingerprint density at radius 2 is 1.95 bits per heavy atom. The fraction of sp³-hybridized carbons (Fsp3) is 0.188. The summed E-state index contributed by atoms with van der Waals surface area (Å²) >= 11 is 1.38. The summed E-state index contributed by atoms with van der Waals surface area (Å²) in [6.07, 6.45) is 1.62. The number of carbonyl (C=O) groups excluding carboxylic acids is 1. The summed E-state index contributed by atoms with van der Waals surface area (Å²) in [5, 5.41) is 8.08. The van der Waals surface area contributed by atoms with E-state index in [2.05, 4.69) is 15.4 Å². The highest BCUT2D eigenvalue weighted by Gasteiger charge is 2.17. The summed E-state index contributed by atoms with van der Waals surface area (Å²) < 4.78 is 1.83. The fourth-order valence-corrected chi connectivity index (χ4v) is 3.25. The lowest BCUT2D eigenvalue weighted by Crippen LogP contribution is -2.09. The topological polar surface area (TPSA) is 59.8 Å². The van der Waals surface area contributed by atoms with Gasteiger partial charge < -0.3 is 5.32 Å². The van der Waals surface area contributed by atoms with E-state index < -0.39 is 0 Å². The molecule has 22 heavy (non-hydrogen) atoms. The van der Waals surface area contributed by atoms with E-state index in [0.717, 1.165) is 27.6 Å². The predicted octanol–water partition coefficient (Wildman–Crippen LogP) is 3.41. The van der Waals surface area contributed by atoms with Crippen LogP contribution in [0, 0.1) is 13.8 Å². The van der Waals surface area contributed by atoms with Crippen LogP contribution in [0.3, 0.4) is 0 Å². The number of para-hydroxylation sites is 1. The Labute approximate surface area is 132 Å². The van der Waals surface area contributed by atoms with Crippen LogP contribution in [0.5, 0.6) is 0 Å². The summed E-state index contributed by atoms with van der Waals surface area (Å²) in [7, 11) is 1.91. The van der Waals surface area contributed by atoms with Crippen LogP contribution in [0.2, 0.25) is 0 Å². The molecule has 0 aliphatic carbocycles. The zero-order chi connectivity index (χ0) is 15.7. The Kier molecular flexibility index (Phi) is 3.77. The molecule has 0 aliphatic heterocycles. The van der Waals surface area contributed by atoms with Gasteiger partial charge in [0.05, 0.1) is 17.5 Å². The van der Waals surface area contributed by atoms with Crippen LogP contribution in [0.15, 0.2) is 36.5 Å². The minimum Gasteiger partial charge on any atom is -0.321 e. The Bertz CT molecular complexity index is 820. The molecule has 0 radical (unpaired) electrons. The van der Waals surface area contributed by atoms with E-state index in [1.165, 1.54) is 11.3 Å². The van der Waals surface area contributed by atoms with Gasteiger partial charge in [-0.3, -0.25) is 9.48 Å². The maximum absolute atomic E-state index is 12.3. The second-order valence-corrected chi connectivity index (χ2v) is 6.05. The molecule has 0 saturated carbocycles. The fourth-order valence-electron chi connectivity index (χ4n) is 2.29. The molecular formula is C16H16N4OS. The van der Waals surface area contributed by atoms with E-state index in [1.807, 2.05) is 55.9 Å². The number of anilines is 1. The highest BCUT2D eigenvalue weighted by Crippen LogP contribution is 2.30. The molecule has 1 amide bonds. The molecule has 0 fully saturated rings. The van der Waals surface area contributed by atoms with Crippen LogP contribution in [-0.2, 0) is 7.05 Å². The molecule has 0 aliphatic rings. The summed E-state index contributed by atoms with van der Waals surface area (Å²) in [5.41, 5.74) is 3.74. The highest BCUT2D eigenvalue weighted by molar-refractivity contribution is 7.17. The highest BCUT2D eigenvalue weighted by atomic mass is 32.1. The van der Waals surface area contributed by atoms with Crippen LogP contribution >= 0.6 is 11.3 Å². The van der Waals surface area contributed by atoms with Crippen molar-refractivity contribution >= 4 is 22.9 Å². The van der Waals surface area contributed by atoms with Gasteiger partial charge in [-0.2, -0.15) is 5.10 Å². The Morgan fingerprint density at radius 3 is 2.59 bits per heavy atom. The molecule has 0 atom stereocenters. The SMILES string of the molecule is Cc1nn(C)c(C)c1-c1ncc(C(=O)Nc2ccccc2)s1. The van der Waals surface area contributed by atoms with Gasteiger partial charge in [0.1, 0.15) is 9.88 Å². The number of nitrogens with one attached hydrogen (secondary N) is 1. The van der Waals surface area contributed by atoms with Gasteiger partial charge in [-0.1, -0.05) is 18.2 Å². The molecule has 6 heteroatoms. The molecular weight excluding hydrogens is 296 g/mol. The van der Waals surface area contributed by atoms with Crippen molar-refractivity contribution < 1.29 is 4.79 Å². The first-order chi connectivity index (χ1) is 10.6. The van der Waals surface area contributed by atoms with Gasteiger partial charge >= 0.3 is 0 Å². The molecule has 2 aromatic heterocycles. The smallest absolute Gasteiger partial charge is 0.267 e. The lowest BCUT2D eigenvalue weighted by atomic mass is 10.2. The van der Waals surface area contributed by atoms with E-state index in [0.29, 0.717) is 4.88 Å². The maximum Gasteiger partial charge on any atom is 0.267 e. The zero-order valence-electron chi connectivity index (χ0n) is 12.6. The van der Waals surface area contributed by atoms with E-state index >= 15 is 0 Å². The van der Waals surface area contributed by atoms with Crippen molar-refractivity contribution in [3.05, 3.63) is 52.8 Å². The number of benzene rings is 1. The van der Waals surface area contributed by atoms with E-state index in [1.54, 1.807) is 6.20 Å². The van der Waals surface area contributed by atoms with Crippen LogP contribution in [0.4, 0.5) is 5.69 Å². The lowest BCUT2D eigenvalue weighted by Gasteiger charge is -2.01. The number of hydrogen-bond acceptors (Lipinski definition) is 4. The van der Waals surface area contributed by atoms with Gasteiger partial charge in [-0.05, 0) is 26.0 Å². The largest absolute Gasteiger partial charge is 0.321 e. The molecule has 3 aromatic rings. The number of carbonyl (C=O) groups is 1. The normalized spacial score (nSPS) is 10.7. The van der Waals surface area contributed by atoms with Gasteiger partial charge in [0, 0.05) is 18.4 Å². The predicted molar refractivity (Wildman–Crippen MR) is 88.2 cm³/mol. The molecule has 0 spiro atoms. The average molecular weight is 312 g/mol. The summed E-state index contributed by atoms with van der Waals surface area (Å²) in [4.78, 5) is 17.2. The van der Waals surface area contributed by atoms with Crippen molar-refractivity contribution in [2.75, 3.05) is 5.32 Å². The first kappa shape index (κ1) is 14.5. The average Bonchev–Trinajstić information content (AvgIpc) is 3.06. The van der Waals surface area contributed by atoms with Gasteiger partial charge in [0.2, 0.25) is 0 Å². The number of aromatic nitrogens is 3. The third-order valence-electron chi connectivity index (χ3n) is 3.48. The van der Waals surface area contributed by atoms with Crippen molar-refractivity contribution in [3.63, 3.8) is 0 Å². The molecule has 1 aromatic carbocycles. The second kappa shape index (κ2) is 5.73. The number of aryl methyl sites for hydroxylation is 2. The van der Waals surface area contributed by atoms with Gasteiger partial charge in [0.15, 0.2) is 0 Å². The standard InChI is InChI=1S/C16H16N4OS/c1-10-14(11(2)20(3)19-10)16-17-9-13(22-16)15(21)18-12-7-5-4-6-8-12/h4-9H,1-3H3,(H,18,21). The lowest BCUT2D eigenvalue weighted by molar-refractivity contribution is 0.103. The van der Waals surface area contributed by atoms with Gasteiger partial charge in [-0.25, -0.2) is 4.98 Å². The zero-order valence-corrected chi connectivity index (χ0v) is 13.4. The maximum atomic E-state index is 12.3. The van der Waals surface area contributed by atoms with Gasteiger partial charge in [0.25, 0.3) is 5.91 Å². The summed E-state index contributed by atoms with van der Waals surface area (Å²) in [5.74, 6) is -0.144. The molecule has 1 N–H and O–H groups in total. The number of rotatable bonds is 3. The van der Waals surface area contributed by atoms with Crippen LogP contribution in [0.25, 0.3) is 10.6 Å². The quantitative estimate of drug-likeness (QED) is 0.806. The van der Waals surface area contributed by atoms with E-state index in [-0.39, 0.29) is 5.91 Å². The molecule has 0 unspecified atom stereocenters. The van der Waals surface area contributed by atoms with Crippen molar-refractivity contribution in [2.45, 2.75) is 13.8 Å². The van der Waals surface area contributed by atoms with Crippen LogP contribution in [-0.4, -0.2) is 20.7 Å². The van der Waals surface area contributed by atoms with Gasteiger partial charge in [-0.15, -0.1) is 11.3 Å². The molecule has 3 rings (SSSR count). The Balaban J connectivity index is 1.86. The van der Waals surface area contributed by atoms with E-state index in [9.17, 15) is 4.79 Å². The monoisotopic (exact) mass is 312 g/mol. The molecule has 0 bridgehead atoms. The molecule has 0 saturated heterocycles. The number of amides is 1. The third kappa shape index (κ3) is 2.65. The van der Waals surface area contributed by atoms with Crippen molar-refractivity contribution in [1.82, 2.24) is 14.8 Å². The van der Waals surface area contributed by atoms with Crippen molar-refractivity contribution in [2.24, 2.45) is 7.05 Å². The second-order valence-electron chi connectivity index (χ2n) is 5.02. The van der Waals surface area contributed by atoms with Crippen molar-refractivity contribution in [3.8, 4) is 10.6 Å². The van der Waals surface area contributed by atoms with Crippen molar-refractivity contribution in [1.29, 1.82) is 0 Å². The number of hydrogen-bond donors (Lipinski definition) is 1. The number of thiazole rings is 1. The first-order valence-electron chi connectivity index (χ1n) is 6.89. The van der Waals surface area contributed by atoms with Crippen LogP contribution in [0.1, 0.15) is 21.1 Å². The Morgan fingerprint density at radius 1 is 1.23 bits per heavy atom. The van der Waals surface area contributed by atoms with E-state index in [4.69, 9.17) is 0 Å². The Hall–Kier alpha value is -2.47.